The molecule has 0 amide bonds. The van der Waals surface area contributed by atoms with Crippen LogP contribution in [0.5, 0.6) is 0 Å². The maximum Gasteiger partial charge on any atom is 0.00106 e. The van der Waals surface area contributed by atoms with Crippen LogP contribution in [0.2, 0.25) is 0 Å². The van der Waals surface area contributed by atoms with Crippen molar-refractivity contribution in [1.82, 2.24) is 5.32 Å². The highest BCUT2D eigenvalue weighted by atomic mass is 14.9. The second kappa shape index (κ2) is 5.08. The lowest BCUT2D eigenvalue weighted by atomic mass is 9.78. The monoisotopic (exact) mass is 223 g/mol. The van der Waals surface area contributed by atoms with Crippen molar-refractivity contribution < 1.29 is 0 Å². The molecule has 0 radical (unpaired) electrons. The summed E-state index contributed by atoms with van der Waals surface area (Å²) in [6.07, 6.45) is 10.3. The first kappa shape index (κ1) is 12.4. The van der Waals surface area contributed by atoms with Crippen LogP contribution in [-0.2, 0) is 0 Å². The lowest BCUT2D eigenvalue weighted by molar-refractivity contribution is 0.216. The van der Waals surface area contributed by atoms with Crippen LogP contribution in [0.15, 0.2) is 0 Å². The van der Waals surface area contributed by atoms with Gasteiger partial charge in [-0.15, -0.1) is 0 Å². The lowest BCUT2D eigenvalue weighted by Gasteiger charge is -2.32. The summed E-state index contributed by atoms with van der Waals surface area (Å²) in [5.74, 6) is 2.24. The largest absolute Gasteiger partial charge is 0.314 e. The summed E-state index contributed by atoms with van der Waals surface area (Å²) in [5.41, 5.74) is 0.688. The van der Waals surface area contributed by atoms with Crippen molar-refractivity contribution in [2.75, 3.05) is 6.54 Å². The van der Waals surface area contributed by atoms with E-state index in [4.69, 9.17) is 0 Å². The lowest BCUT2D eigenvalue weighted by Crippen LogP contribution is -2.36. The van der Waals surface area contributed by atoms with Crippen molar-refractivity contribution in [1.29, 1.82) is 0 Å². The Hall–Kier alpha value is -0.0400. The van der Waals surface area contributed by atoms with E-state index >= 15 is 0 Å². The number of hydrogen-bond donors (Lipinski definition) is 1. The molecule has 94 valence electrons. The third kappa shape index (κ3) is 3.00. The number of nitrogens with one attached hydrogen (secondary N) is 1. The van der Waals surface area contributed by atoms with Crippen molar-refractivity contribution >= 4 is 0 Å². The minimum atomic E-state index is 0.653. The van der Waals surface area contributed by atoms with E-state index in [0.717, 1.165) is 11.8 Å². The molecule has 2 saturated carbocycles. The van der Waals surface area contributed by atoms with E-state index in [1.807, 2.05) is 0 Å². The molecule has 2 aliphatic carbocycles. The maximum atomic E-state index is 3.70. The Labute approximate surface area is 101 Å². The van der Waals surface area contributed by atoms with E-state index in [1.165, 1.54) is 45.1 Å². The molecule has 16 heavy (non-hydrogen) atoms. The van der Waals surface area contributed by atoms with Crippen LogP contribution in [0.4, 0.5) is 0 Å². The van der Waals surface area contributed by atoms with Gasteiger partial charge < -0.3 is 5.32 Å². The van der Waals surface area contributed by atoms with Crippen LogP contribution in [-0.4, -0.2) is 12.6 Å². The summed E-state index contributed by atoms with van der Waals surface area (Å²) in [6.45, 7) is 8.14. The quantitative estimate of drug-likeness (QED) is 0.644. The molecule has 0 bridgehead atoms. The molecule has 1 nitrogen and oxygen atoms in total. The van der Waals surface area contributed by atoms with Crippen LogP contribution >= 0.6 is 0 Å². The van der Waals surface area contributed by atoms with Crippen molar-refractivity contribution in [2.45, 2.75) is 71.8 Å². The van der Waals surface area contributed by atoms with Crippen LogP contribution in [0.25, 0.3) is 0 Å². The normalized spacial score (nSPS) is 36.8. The average Bonchev–Trinajstić information content (AvgIpc) is 2.85. The zero-order valence-corrected chi connectivity index (χ0v) is 11.4. The van der Waals surface area contributed by atoms with Gasteiger partial charge in [-0.25, -0.2) is 0 Å². The highest BCUT2D eigenvalue weighted by Gasteiger charge is 2.52. The Bertz CT molecular complexity index is 211. The highest BCUT2D eigenvalue weighted by Crippen LogP contribution is 2.61. The van der Waals surface area contributed by atoms with E-state index in [-0.39, 0.29) is 0 Å². The summed E-state index contributed by atoms with van der Waals surface area (Å²) in [5, 5.41) is 3.70. The summed E-state index contributed by atoms with van der Waals surface area (Å²) in [6, 6.07) is 0.653. The van der Waals surface area contributed by atoms with E-state index in [9.17, 15) is 0 Å². The van der Waals surface area contributed by atoms with Crippen LogP contribution in [0.1, 0.15) is 65.7 Å². The van der Waals surface area contributed by atoms with Crippen LogP contribution < -0.4 is 5.32 Å². The second-order valence-electron chi connectivity index (χ2n) is 6.66. The predicted molar refractivity (Wildman–Crippen MR) is 70.5 cm³/mol. The fourth-order valence-electron chi connectivity index (χ4n) is 3.61. The van der Waals surface area contributed by atoms with Gasteiger partial charge in [0.15, 0.2) is 0 Å². The minimum Gasteiger partial charge on any atom is -0.314 e. The first-order valence-corrected chi connectivity index (χ1v) is 7.38. The molecular formula is C15H29N. The number of rotatable bonds is 7. The minimum absolute atomic E-state index is 0.653. The van der Waals surface area contributed by atoms with Gasteiger partial charge in [-0.3, -0.25) is 0 Å². The Morgan fingerprint density at radius 2 is 1.88 bits per heavy atom. The molecule has 0 saturated heterocycles. The summed E-state index contributed by atoms with van der Waals surface area (Å²) >= 11 is 0. The molecule has 2 fully saturated rings. The van der Waals surface area contributed by atoms with Gasteiger partial charge in [-0.05, 0) is 42.9 Å². The highest BCUT2D eigenvalue weighted by molar-refractivity contribution is 5.04. The molecule has 2 aliphatic rings. The molecule has 1 heteroatoms. The Morgan fingerprint density at radius 1 is 1.19 bits per heavy atom. The number of fused-ring (bicyclic) bond motifs is 1. The standard InChI is InChI=1S/C15H29N/c1-4-5-6-7-15(11-16-12(2)3)9-13-8-14(13)10-15/h12-14,16H,4-11H2,1-3H3. The molecule has 1 N–H and O–H groups in total. The third-order valence-corrected chi connectivity index (χ3v) is 4.66. The van der Waals surface area contributed by atoms with E-state index in [0.29, 0.717) is 11.5 Å². The molecule has 0 aromatic rings. The van der Waals surface area contributed by atoms with Crippen molar-refractivity contribution in [3.8, 4) is 0 Å². The molecule has 2 atom stereocenters. The Balaban J connectivity index is 1.81. The van der Waals surface area contributed by atoms with Crippen LogP contribution in [0.3, 0.4) is 0 Å². The molecule has 2 unspecified atom stereocenters. The molecular weight excluding hydrogens is 194 g/mol. The number of hydrogen-bond acceptors (Lipinski definition) is 1. The van der Waals surface area contributed by atoms with Gasteiger partial charge in [-0.2, -0.15) is 0 Å². The molecule has 0 heterocycles. The van der Waals surface area contributed by atoms with Gasteiger partial charge in [-0.1, -0.05) is 40.0 Å². The molecule has 0 aliphatic heterocycles. The first-order chi connectivity index (χ1) is 7.65. The fourth-order valence-corrected chi connectivity index (χ4v) is 3.61. The molecule has 0 aromatic carbocycles. The maximum absolute atomic E-state index is 3.70. The first-order valence-electron chi connectivity index (χ1n) is 7.38. The smallest absolute Gasteiger partial charge is 0.00106 e. The van der Waals surface area contributed by atoms with Gasteiger partial charge in [0.25, 0.3) is 0 Å². The molecule has 2 rings (SSSR count). The van der Waals surface area contributed by atoms with Crippen molar-refractivity contribution in [3.05, 3.63) is 0 Å². The SMILES string of the molecule is CCCCCC1(CNC(C)C)CC2CC2C1. The Kier molecular flexibility index (Phi) is 3.94. The Morgan fingerprint density at radius 3 is 2.44 bits per heavy atom. The summed E-state index contributed by atoms with van der Waals surface area (Å²) in [4.78, 5) is 0. The second-order valence-corrected chi connectivity index (χ2v) is 6.66. The average molecular weight is 223 g/mol. The van der Waals surface area contributed by atoms with Gasteiger partial charge >= 0.3 is 0 Å². The van der Waals surface area contributed by atoms with Gasteiger partial charge in [0.05, 0.1) is 0 Å². The third-order valence-electron chi connectivity index (χ3n) is 4.66. The van der Waals surface area contributed by atoms with Gasteiger partial charge in [0.1, 0.15) is 0 Å². The van der Waals surface area contributed by atoms with Gasteiger partial charge in [0.2, 0.25) is 0 Å². The summed E-state index contributed by atoms with van der Waals surface area (Å²) < 4.78 is 0. The number of unbranched alkanes of at least 4 members (excludes halogenated alkanes) is 2. The molecule has 0 spiro atoms. The topological polar surface area (TPSA) is 12.0 Å². The van der Waals surface area contributed by atoms with E-state index in [1.54, 1.807) is 6.42 Å². The van der Waals surface area contributed by atoms with Crippen molar-refractivity contribution in [2.24, 2.45) is 17.3 Å². The zero-order chi connectivity index (χ0) is 11.6. The fraction of sp³-hybridized carbons (Fsp3) is 1.00. The zero-order valence-electron chi connectivity index (χ0n) is 11.4. The van der Waals surface area contributed by atoms with E-state index < -0.39 is 0 Å². The molecule has 0 aromatic heterocycles. The van der Waals surface area contributed by atoms with Gasteiger partial charge in [0, 0.05) is 12.6 Å². The van der Waals surface area contributed by atoms with Crippen molar-refractivity contribution in [3.63, 3.8) is 0 Å². The van der Waals surface area contributed by atoms with Crippen LogP contribution in [0, 0.1) is 17.3 Å². The van der Waals surface area contributed by atoms with E-state index in [2.05, 4.69) is 26.1 Å². The predicted octanol–water partition coefficient (Wildman–Crippen LogP) is 3.98. The summed E-state index contributed by atoms with van der Waals surface area (Å²) in [7, 11) is 0.